The molecule has 0 heterocycles. The fourth-order valence-corrected chi connectivity index (χ4v) is 3.36. The third-order valence-corrected chi connectivity index (χ3v) is 5.73. The summed E-state index contributed by atoms with van der Waals surface area (Å²) in [4.78, 5) is 22.4. The molecule has 126 valence electrons. The van der Waals surface area contributed by atoms with Gasteiger partial charge in [0.05, 0.1) is 20.5 Å². The first-order valence-corrected chi connectivity index (χ1v) is 8.69. The summed E-state index contributed by atoms with van der Waals surface area (Å²) >= 11 is 5.89. The molecule has 2 rings (SSSR count). The Labute approximate surface area is 143 Å². The monoisotopic (exact) mass is 368 g/mol. The molecule has 7 nitrogen and oxygen atoms in total. The van der Waals surface area contributed by atoms with Crippen molar-refractivity contribution in [3.63, 3.8) is 0 Å². The van der Waals surface area contributed by atoms with Gasteiger partial charge in [-0.05, 0) is 25.1 Å². The number of nitrogens with one attached hydrogen (secondary N) is 1. The lowest BCUT2D eigenvalue weighted by molar-refractivity contribution is -0.384. The molecule has 0 fully saturated rings. The van der Waals surface area contributed by atoms with Crippen molar-refractivity contribution in [1.29, 1.82) is 0 Å². The van der Waals surface area contributed by atoms with E-state index in [1.165, 1.54) is 31.2 Å². The third-order valence-electron chi connectivity index (χ3n) is 3.33. The Hall–Kier alpha value is -2.45. The standard InChI is InChI=1S/C15H13ClN2O5S/c1-10(24(22,23)12-5-3-2-4-6-12)15(19)17-14-9-11(18(20)21)7-8-13(14)16/h2-10H,1H3,(H,17,19). The molecule has 0 aliphatic heterocycles. The van der Waals surface area contributed by atoms with Crippen molar-refractivity contribution < 1.29 is 18.1 Å². The molecule has 1 amide bonds. The van der Waals surface area contributed by atoms with Crippen molar-refractivity contribution in [3.05, 3.63) is 63.7 Å². The smallest absolute Gasteiger partial charge is 0.271 e. The summed E-state index contributed by atoms with van der Waals surface area (Å²) in [5.74, 6) is -0.832. The van der Waals surface area contributed by atoms with Crippen LogP contribution in [0.25, 0.3) is 0 Å². The van der Waals surface area contributed by atoms with E-state index in [0.717, 1.165) is 6.07 Å². The number of hydrogen-bond acceptors (Lipinski definition) is 5. The molecule has 0 saturated carbocycles. The van der Waals surface area contributed by atoms with E-state index in [1.54, 1.807) is 18.2 Å². The molecule has 9 heteroatoms. The highest BCUT2D eigenvalue weighted by Gasteiger charge is 2.30. The summed E-state index contributed by atoms with van der Waals surface area (Å²) in [6.45, 7) is 1.24. The number of carbonyl (C=O) groups excluding carboxylic acids is 1. The normalized spacial score (nSPS) is 12.4. The van der Waals surface area contributed by atoms with Gasteiger partial charge >= 0.3 is 0 Å². The molecule has 0 saturated heterocycles. The van der Waals surface area contributed by atoms with E-state index < -0.39 is 25.9 Å². The van der Waals surface area contributed by atoms with Crippen molar-refractivity contribution >= 4 is 38.7 Å². The van der Waals surface area contributed by atoms with E-state index in [2.05, 4.69) is 5.32 Å². The van der Waals surface area contributed by atoms with Crippen LogP contribution in [0.5, 0.6) is 0 Å². The van der Waals surface area contributed by atoms with E-state index in [0.29, 0.717) is 0 Å². The fourth-order valence-electron chi connectivity index (χ4n) is 1.91. The van der Waals surface area contributed by atoms with Gasteiger partial charge in [-0.1, -0.05) is 29.8 Å². The molecule has 2 aromatic carbocycles. The molecular weight excluding hydrogens is 356 g/mol. The van der Waals surface area contributed by atoms with Gasteiger partial charge in [0.1, 0.15) is 5.25 Å². The maximum Gasteiger partial charge on any atom is 0.271 e. The van der Waals surface area contributed by atoms with Crippen molar-refractivity contribution in [1.82, 2.24) is 0 Å². The zero-order chi connectivity index (χ0) is 17.9. The molecule has 0 aliphatic carbocycles. The molecule has 1 N–H and O–H groups in total. The fraction of sp³-hybridized carbons (Fsp3) is 0.133. The topological polar surface area (TPSA) is 106 Å². The van der Waals surface area contributed by atoms with Crippen LogP contribution in [0.1, 0.15) is 6.92 Å². The highest BCUT2D eigenvalue weighted by molar-refractivity contribution is 7.92. The highest BCUT2D eigenvalue weighted by Crippen LogP contribution is 2.27. The van der Waals surface area contributed by atoms with E-state index in [-0.39, 0.29) is 21.3 Å². The number of nitrogens with zero attached hydrogens (tertiary/aromatic N) is 1. The van der Waals surface area contributed by atoms with Crippen LogP contribution in [0, 0.1) is 10.1 Å². The first-order valence-electron chi connectivity index (χ1n) is 6.77. The Kier molecular flexibility index (Phi) is 5.20. The second-order valence-corrected chi connectivity index (χ2v) is 7.59. The first kappa shape index (κ1) is 17.9. The number of benzene rings is 2. The number of rotatable bonds is 5. The number of amides is 1. The van der Waals surface area contributed by atoms with Crippen LogP contribution in [-0.4, -0.2) is 24.5 Å². The quantitative estimate of drug-likeness (QED) is 0.644. The lowest BCUT2D eigenvalue weighted by Gasteiger charge is -2.14. The minimum atomic E-state index is -3.89. The number of sulfone groups is 1. The molecule has 2 aromatic rings. The Bertz CT molecular complexity index is 884. The summed E-state index contributed by atoms with van der Waals surface area (Å²) < 4.78 is 24.8. The molecule has 1 unspecified atom stereocenters. The summed E-state index contributed by atoms with van der Waals surface area (Å²) in [6, 6.07) is 11.0. The van der Waals surface area contributed by atoms with Crippen LogP contribution in [0.15, 0.2) is 53.4 Å². The molecule has 0 aliphatic rings. The lowest BCUT2D eigenvalue weighted by atomic mass is 10.2. The molecule has 0 bridgehead atoms. The van der Waals surface area contributed by atoms with Crippen molar-refractivity contribution in [2.24, 2.45) is 0 Å². The zero-order valence-electron chi connectivity index (χ0n) is 12.5. The molecule has 0 aromatic heterocycles. The average Bonchev–Trinajstić information content (AvgIpc) is 2.56. The zero-order valence-corrected chi connectivity index (χ0v) is 14.0. The SMILES string of the molecule is CC(C(=O)Nc1cc([N+](=O)[O-])ccc1Cl)S(=O)(=O)c1ccccc1. The summed E-state index contributed by atoms with van der Waals surface area (Å²) in [7, 11) is -3.89. The number of hydrogen-bond donors (Lipinski definition) is 1. The van der Waals surface area contributed by atoms with Gasteiger partial charge in [0, 0.05) is 12.1 Å². The minimum Gasteiger partial charge on any atom is -0.323 e. The van der Waals surface area contributed by atoms with Gasteiger partial charge in [-0.15, -0.1) is 0 Å². The van der Waals surface area contributed by atoms with Crippen LogP contribution in [0.4, 0.5) is 11.4 Å². The number of non-ortho nitro benzene ring substituents is 1. The largest absolute Gasteiger partial charge is 0.323 e. The summed E-state index contributed by atoms with van der Waals surface area (Å²) in [6.07, 6.45) is 0. The third kappa shape index (κ3) is 3.72. The molecule has 0 radical (unpaired) electrons. The molecular formula is C15H13ClN2O5S. The van der Waals surface area contributed by atoms with E-state index >= 15 is 0 Å². The van der Waals surface area contributed by atoms with E-state index in [4.69, 9.17) is 11.6 Å². The summed E-state index contributed by atoms with van der Waals surface area (Å²) in [5.41, 5.74) is -0.292. The number of anilines is 1. The Balaban J connectivity index is 2.27. The van der Waals surface area contributed by atoms with Crippen LogP contribution >= 0.6 is 11.6 Å². The number of nitro benzene ring substituents is 1. The van der Waals surface area contributed by atoms with E-state index in [1.807, 2.05) is 0 Å². The Morgan fingerprint density at radius 3 is 2.42 bits per heavy atom. The lowest BCUT2D eigenvalue weighted by Crippen LogP contribution is -2.32. The van der Waals surface area contributed by atoms with Gasteiger partial charge in [-0.25, -0.2) is 8.42 Å². The summed E-state index contributed by atoms with van der Waals surface area (Å²) in [5, 5.41) is 11.8. The van der Waals surface area contributed by atoms with Crippen LogP contribution in [0.2, 0.25) is 5.02 Å². The minimum absolute atomic E-state index is 0.0118. The second-order valence-electron chi connectivity index (χ2n) is 4.91. The van der Waals surface area contributed by atoms with Crippen LogP contribution in [0.3, 0.4) is 0 Å². The predicted octanol–water partition coefficient (Wildman–Crippen LogP) is 3.05. The maximum atomic E-state index is 12.4. The number of carbonyl (C=O) groups is 1. The van der Waals surface area contributed by atoms with Crippen LogP contribution in [-0.2, 0) is 14.6 Å². The first-order chi connectivity index (χ1) is 11.2. The predicted molar refractivity (Wildman–Crippen MR) is 89.8 cm³/mol. The number of halogens is 1. The van der Waals surface area contributed by atoms with Crippen LogP contribution < -0.4 is 5.32 Å². The van der Waals surface area contributed by atoms with Gasteiger partial charge in [0.25, 0.3) is 5.69 Å². The van der Waals surface area contributed by atoms with Gasteiger partial charge in [-0.3, -0.25) is 14.9 Å². The van der Waals surface area contributed by atoms with Crippen molar-refractivity contribution in [2.45, 2.75) is 17.1 Å². The van der Waals surface area contributed by atoms with E-state index in [9.17, 15) is 23.3 Å². The second kappa shape index (κ2) is 6.98. The highest BCUT2D eigenvalue weighted by atomic mass is 35.5. The van der Waals surface area contributed by atoms with Crippen molar-refractivity contribution in [3.8, 4) is 0 Å². The average molecular weight is 369 g/mol. The molecule has 0 spiro atoms. The Morgan fingerprint density at radius 2 is 1.83 bits per heavy atom. The van der Waals surface area contributed by atoms with Crippen molar-refractivity contribution in [2.75, 3.05) is 5.32 Å². The molecule has 1 atom stereocenters. The van der Waals surface area contributed by atoms with Gasteiger partial charge in [0.15, 0.2) is 9.84 Å². The molecule has 24 heavy (non-hydrogen) atoms. The maximum absolute atomic E-state index is 12.4. The number of nitro groups is 1. The van der Waals surface area contributed by atoms with Gasteiger partial charge < -0.3 is 5.32 Å². The van der Waals surface area contributed by atoms with Gasteiger partial charge in [-0.2, -0.15) is 0 Å². The Morgan fingerprint density at radius 1 is 1.21 bits per heavy atom. The van der Waals surface area contributed by atoms with Gasteiger partial charge in [0.2, 0.25) is 5.91 Å².